The maximum absolute atomic E-state index is 12.7. The highest BCUT2D eigenvalue weighted by Gasteiger charge is 2.28. The number of hydrogen-bond donors (Lipinski definition) is 3. The lowest BCUT2D eigenvalue weighted by Gasteiger charge is -2.29. The molecule has 0 fully saturated rings. The first-order valence-electron chi connectivity index (χ1n) is 14.6. The molecule has 0 bridgehead atoms. The van der Waals surface area contributed by atoms with Crippen molar-refractivity contribution in [3.05, 3.63) is 54.1 Å². The molecular formula is C33H52N2O4. The van der Waals surface area contributed by atoms with E-state index in [9.17, 15) is 9.90 Å². The standard InChI is InChI=1S/C33H52N2O4/c1-7-8-17-33(4,5)32(37)35-23-30(36)29(34)22-27(24(2)3)20-25-15-16-28(26-13-10-9-11-14-26)31(21-25)39-19-12-18-38-6/h9-11,13-16,21,24,27,29-30,36H,7-8,12,17-20,22-23,34H2,1-6H3,(H,35,37)/t27-,29-,30-/m0/s1. The third-order valence-electron chi connectivity index (χ3n) is 7.63. The highest BCUT2D eigenvalue weighted by atomic mass is 16.5. The summed E-state index contributed by atoms with van der Waals surface area (Å²) in [5, 5.41) is 13.7. The zero-order valence-electron chi connectivity index (χ0n) is 25.0. The molecule has 2 aromatic rings. The molecule has 3 atom stereocenters. The molecule has 0 saturated carbocycles. The molecule has 6 heteroatoms. The van der Waals surface area contributed by atoms with Crippen molar-refractivity contribution in [2.75, 3.05) is 26.9 Å². The Bertz CT molecular complexity index is 977. The normalized spacial score (nSPS) is 14.2. The van der Waals surface area contributed by atoms with Gasteiger partial charge in [-0.1, -0.05) is 89.9 Å². The summed E-state index contributed by atoms with van der Waals surface area (Å²) in [6.45, 7) is 11.8. The number of rotatable bonds is 18. The summed E-state index contributed by atoms with van der Waals surface area (Å²) in [5.41, 5.74) is 9.40. The molecule has 4 N–H and O–H groups in total. The number of hydrogen-bond acceptors (Lipinski definition) is 5. The lowest BCUT2D eigenvalue weighted by Crippen LogP contribution is -2.47. The van der Waals surface area contributed by atoms with Crippen LogP contribution in [0.25, 0.3) is 11.1 Å². The van der Waals surface area contributed by atoms with Crippen LogP contribution in [0.2, 0.25) is 0 Å². The first-order chi connectivity index (χ1) is 18.6. The summed E-state index contributed by atoms with van der Waals surface area (Å²) in [6.07, 6.45) is 4.41. The van der Waals surface area contributed by atoms with Crippen molar-refractivity contribution < 1.29 is 19.4 Å². The summed E-state index contributed by atoms with van der Waals surface area (Å²) in [7, 11) is 1.70. The zero-order valence-corrected chi connectivity index (χ0v) is 25.0. The molecule has 39 heavy (non-hydrogen) atoms. The number of methoxy groups -OCH3 is 1. The molecule has 0 aliphatic carbocycles. The van der Waals surface area contributed by atoms with Gasteiger partial charge in [0.2, 0.25) is 5.91 Å². The average Bonchev–Trinajstić information content (AvgIpc) is 2.92. The van der Waals surface area contributed by atoms with E-state index in [1.54, 1.807) is 7.11 Å². The van der Waals surface area contributed by atoms with Crippen LogP contribution in [-0.2, 0) is 16.0 Å². The van der Waals surface area contributed by atoms with Crippen molar-refractivity contribution in [2.24, 2.45) is 23.0 Å². The zero-order chi connectivity index (χ0) is 28.8. The fraction of sp³-hybridized carbons (Fsp3) is 0.606. The van der Waals surface area contributed by atoms with Crippen LogP contribution in [0, 0.1) is 17.3 Å². The maximum Gasteiger partial charge on any atom is 0.225 e. The Morgan fingerprint density at radius 2 is 1.79 bits per heavy atom. The lowest BCUT2D eigenvalue weighted by molar-refractivity contribution is -0.130. The van der Waals surface area contributed by atoms with Gasteiger partial charge < -0.3 is 25.6 Å². The smallest absolute Gasteiger partial charge is 0.225 e. The molecule has 6 nitrogen and oxygen atoms in total. The van der Waals surface area contributed by atoms with Gasteiger partial charge in [-0.25, -0.2) is 0 Å². The molecule has 218 valence electrons. The van der Waals surface area contributed by atoms with Gasteiger partial charge in [-0.15, -0.1) is 0 Å². The van der Waals surface area contributed by atoms with E-state index in [1.165, 1.54) is 5.56 Å². The van der Waals surface area contributed by atoms with Crippen molar-refractivity contribution in [3.63, 3.8) is 0 Å². The monoisotopic (exact) mass is 540 g/mol. The molecule has 0 spiro atoms. The Balaban J connectivity index is 2.07. The minimum Gasteiger partial charge on any atom is -0.493 e. The van der Waals surface area contributed by atoms with Gasteiger partial charge in [-0.05, 0) is 48.3 Å². The molecule has 2 rings (SSSR count). The molecule has 0 aromatic heterocycles. The number of aliphatic hydroxyl groups excluding tert-OH is 1. The minimum absolute atomic E-state index is 0.0286. The summed E-state index contributed by atoms with van der Waals surface area (Å²) in [4.78, 5) is 12.7. The fourth-order valence-electron chi connectivity index (χ4n) is 4.78. The Labute approximate surface area is 236 Å². The Morgan fingerprint density at radius 1 is 1.08 bits per heavy atom. The molecule has 0 unspecified atom stereocenters. The van der Waals surface area contributed by atoms with Gasteiger partial charge in [-0.3, -0.25) is 4.79 Å². The number of aliphatic hydroxyl groups is 1. The Morgan fingerprint density at radius 3 is 2.44 bits per heavy atom. The molecule has 1 amide bonds. The minimum atomic E-state index is -0.794. The molecule has 0 aliphatic rings. The van der Waals surface area contributed by atoms with Gasteiger partial charge in [0.05, 0.1) is 12.7 Å². The van der Waals surface area contributed by atoms with E-state index in [2.05, 4.69) is 56.4 Å². The molecule has 2 aromatic carbocycles. The van der Waals surface area contributed by atoms with Gasteiger partial charge in [-0.2, -0.15) is 0 Å². The van der Waals surface area contributed by atoms with Gasteiger partial charge >= 0.3 is 0 Å². The summed E-state index contributed by atoms with van der Waals surface area (Å²) >= 11 is 0. The number of benzene rings is 2. The number of amides is 1. The number of ether oxygens (including phenoxy) is 2. The van der Waals surface area contributed by atoms with Gasteiger partial charge in [0.1, 0.15) is 5.75 Å². The van der Waals surface area contributed by atoms with Crippen molar-refractivity contribution in [3.8, 4) is 16.9 Å². The van der Waals surface area contributed by atoms with Gasteiger partial charge in [0.15, 0.2) is 0 Å². The second kappa shape index (κ2) is 16.6. The number of carbonyl (C=O) groups is 1. The van der Waals surface area contributed by atoms with E-state index in [-0.39, 0.29) is 18.4 Å². The Hall–Kier alpha value is -2.41. The molecule has 0 heterocycles. The molecular weight excluding hydrogens is 488 g/mol. The first-order valence-corrected chi connectivity index (χ1v) is 14.6. The summed E-state index contributed by atoms with van der Waals surface area (Å²) < 4.78 is 11.4. The van der Waals surface area contributed by atoms with E-state index in [1.807, 2.05) is 32.0 Å². The molecule has 0 radical (unpaired) electrons. The second-order valence-corrected chi connectivity index (χ2v) is 11.8. The van der Waals surface area contributed by atoms with Crippen LogP contribution in [0.15, 0.2) is 48.5 Å². The maximum atomic E-state index is 12.7. The third-order valence-corrected chi connectivity index (χ3v) is 7.63. The van der Waals surface area contributed by atoms with Crippen LogP contribution in [0.5, 0.6) is 5.75 Å². The topological polar surface area (TPSA) is 93.8 Å². The predicted octanol–water partition coefficient (Wildman–Crippen LogP) is 5.99. The average molecular weight is 541 g/mol. The molecule has 0 aliphatic heterocycles. The van der Waals surface area contributed by atoms with Crippen molar-refractivity contribution in [1.82, 2.24) is 5.32 Å². The highest BCUT2D eigenvalue weighted by Crippen LogP contribution is 2.33. The predicted molar refractivity (Wildman–Crippen MR) is 161 cm³/mol. The SMILES string of the molecule is CCCCC(C)(C)C(=O)NC[C@H](O)[C@@H](N)C[C@H](Cc1ccc(-c2ccccc2)c(OCCCOC)c1)C(C)C. The van der Waals surface area contributed by atoms with Gasteiger partial charge in [0, 0.05) is 43.7 Å². The highest BCUT2D eigenvalue weighted by molar-refractivity contribution is 5.81. The van der Waals surface area contributed by atoms with Crippen molar-refractivity contribution in [2.45, 2.75) is 85.3 Å². The van der Waals surface area contributed by atoms with E-state index in [4.69, 9.17) is 15.2 Å². The quantitative estimate of drug-likeness (QED) is 0.202. The van der Waals surface area contributed by atoms with Crippen LogP contribution in [0.3, 0.4) is 0 Å². The van der Waals surface area contributed by atoms with Crippen molar-refractivity contribution >= 4 is 5.91 Å². The summed E-state index contributed by atoms with van der Waals surface area (Å²) in [6, 6.07) is 16.3. The van der Waals surface area contributed by atoms with Crippen LogP contribution in [0.4, 0.5) is 0 Å². The van der Waals surface area contributed by atoms with Crippen LogP contribution in [-0.4, -0.2) is 50.0 Å². The van der Waals surface area contributed by atoms with E-state index in [0.29, 0.717) is 25.6 Å². The number of nitrogens with two attached hydrogens (primary N) is 1. The largest absolute Gasteiger partial charge is 0.493 e. The van der Waals surface area contributed by atoms with E-state index in [0.717, 1.165) is 49.0 Å². The fourth-order valence-corrected chi connectivity index (χ4v) is 4.78. The second-order valence-electron chi connectivity index (χ2n) is 11.8. The van der Waals surface area contributed by atoms with E-state index < -0.39 is 17.6 Å². The van der Waals surface area contributed by atoms with Gasteiger partial charge in [0.25, 0.3) is 0 Å². The van der Waals surface area contributed by atoms with Crippen LogP contribution < -0.4 is 15.8 Å². The third kappa shape index (κ3) is 10.9. The first kappa shape index (κ1) is 32.8. The number of nitrogens with one attached hydrogen (secondary N) is 1. The number of unbranched alkanes of at least 4 members (excludes halogenated alkanes) is 1. The lowest BCUT2D eigenvalue weighted by atomic mass is 9.82. The van der Waals surface area contributed by atoms with E-state index >= 15 is 0 Å². The van der Waals surface area contributed by atoms with Crippen LogP contribution >= 0.6 is 0 Å². The Kier molecular flexibility index (Phi) is 14.0. The van der Waals surface area contributed by atoms with Crippen molar-refractivity contribution in [1.29, 1.82) is 0 Å². The molecule has 0 saturated heterocycles. The summed E-state index contributed by atoms with van der Waals surface area (Å²) in [5.74, 6) is 1.50. The number of carbonyl (C=O) groups excluding carboxylic acids is 1. The van der Waals surface area contributed by atoms with Crippen LogP contribution in [0.1, 0.15) is 72.3 Å².